The van der Waals surface area contributed by atoms with Crippen molar-refractivity contribution in [2.24, 2.45) is 0 Å². The largest absolute Gasteiger partial charge is 0.507 e. The minimum absolute atomic E-state index is 0.0543. The Balaban J connectivity index is 2.98. The number of aromatic hydroxyl groups is 1. The number of Topliss-reactive ketones (excluding diaryl/α,β-unsaturated/α-hetero) is 1. The van der Waals surface area contributed by atoms with Crippen LogP contribution in [0.15, 0.2) is 18.2 Å². The zero-order valence-electron chi connectivity index (χ0n) is 9.41. The molecule has 0 aromatic heterocycles. The topological polar surface area (TPSA) is 66.4 Å². The molecule has 0 aliphatic heterocycles. The van der Waals surface area contributed by atoms with E-state index in [0.29, 0.717) is 18.5 Å². The summed E-state index contributed by atoms with van der Waals surface area (Å²) in [4.78, 5) is 22.6. The second kappa shape index (κ2) is 5.30. The number of carbonyl (C=O) groups is 2. The number of ketones is 1. The number of benzene rings is 1. The van der Waals surface area contributed by atoms with Gasteiger partial charge in [-0.3, -0.25) is 9.59 Å². The van der Waals surface area contributed by atoms with Crippen LogP contribution in [0.2, 0.25) is 0 Å². The SMILES string of the molecule is CCC(=O)Nc1ccc(O)c(C(=O)CC)c1. The molecule has 0 saturated heterocycles. The molecule has 0 aliphatic rings. The Kier molecular flexibility index (Phi) is 4.05. The Morgan fingerprint density at radius 3 is 2.50 bits per heavy atom. The van der Waals surface area contributed by atoms with Crippen molar-refractivity contribution in [1.29, 1.82) is 0 Å². The monoisotopic (exact) mass is 221 g/mol. The average Bonchev–Trinajstić information content (AvgIpc) is 2.30. The zero-order valence-corrected chi connectivity index (χ0v) is 9.41. The Labute approximate surface area is 94.3 Å². The van der Waals surface area contributed by atoms with Gasteiger partial charge in [-0.25, -0.2) is 0 Å². The summed E-state index contributed by atoms with van der Waals surface area (Å²) in [5.74, 6) is -0.327. The highest BCUT2D eigenvalue weighted by Gasteiger charge is 2.10. The Bertz CT molecular complexity index is 413. The zero-order chi connectivity index (χ0) is 12.1. The van der Waals surface area contributed by atoms with E-state index in [4.69, 9.17) is 0 Å². The van der Waals surface area contributed by atoms with Crippen molar-refractivity contribution in [3.05, 3.63) is 23.8 Å². The molecule has 0 atom stereocenters. The van der Waals surface area contributed by atoms with Gasteiger partial charge in [-0.15, -0.1) is 0 Å². The minimum Gasteiger partial charge on any atom is -0.507 e. The smallest absolute Gasteiger partial charge is 0.224 e. The summed E-state index contributed by atoms with van der Waals surface area (Å²) >= 11 is 0. The highest BCUT2D eigenvalue weighted by molar-refractivity contribution is 6.00. The molecule has 1 aromatic carbocycles. The molecule has 0 heterocycles. The first-order valence-corrected chi connectivity index (χ1v) is 5.24. The molecule has 1 amide bonds. The molecule has 0 fully saturated rings. The van der Waals surface area contributed by atoms with E-state index in [9.17, 15) is 14.7 Å². The summed E-state index contributed by atoms with van der Waals surface area (Å²) < 4.78 is 0. The molecule has 0 bridgehead atoms. The molecular formula is C12H15NO3. The third-order valence-electron chi connectivity index (χ3n) is 2.22. The van der Waals surface area contributed by atoms with Gasteiger partial charge in [0.2, 0.25) is 5.91 Å². The molecule has 0 unspecified atom stereocenters. The van der Waals surface area contributed by atoms with Crippen molar-refractivity contribution >= 4 is 17.4 Å². The Morgan fingerprint density at radius 2 is 1.94 bits per heavy atom. The van der Waals surface area contributed by atoms with Crippen LogP contribution in [-0.4, -0.2) is 16.8 Å². The first kappa shape index (κ1) is 12.2. The van der Waals surface area contributed by atoms with Crippen LogP contribution in [0.4, 0.5) is 5.69 Å². The number of rotatable bonds is 4. The summed E-state index contributed by atoms with van der Waals surface area (Å²) in [5, 5.41) is 12.1. The molecule has 16 heavy (non-hydrogen) atoms. The normalized spacial score (nSPS) is 9.88. The van der Waals surface area contributed by atoms with Crippen LogP contribution in [0.1, 0.15) is 37.0 Å². The summed E-state index contributed by atoms with van der Waals surface area (Å²) in [7, 11) is 0. The van der Waals surface area contributed by atoms with E-state index >= 15 is 0 Å². The summed E-state index contributed by atoms with van der Waals surface area (Å²) in [6, 6.07) is 4.47. The molecule has 0 saturated carbocycles. The second-order valence-corrected chi connectivity index (χ2v) is 3.41. The van der Waals surface area contributed by atoms with Crippen LogP contribution in [-0.2, 0) is 4.79 Å². The molecule has 1 aromatic rings. The Hall–Kier alpha value is -1.84. The first-order chi connectivity index (χ1) is 7.58. The van der Waals surface area contributed by atoms with Gasteiger partial charge >= 0.3 is 0 Å². The minimum atomic E-state index is -0.148. The van der Waals surface area contributed by atoms with Crippen LogP contribution < -0.4 is 5.32 Å². The Morgan fingerprint density at radius 1 is 1.25 bits per heavy atom. The number of phenols is 1. The first-order valence-electron chi connectivity index (χ1n) is 5.24. The molecule has 0 radical (unpaired) electrons. The van der Waals surface area contributed by atoms with Crippen LogP contribution in [0, 0.1) is 0 Å². The van der Waals surface area contributed by atoms with E-state index in [2.05, 4.69) is 5.32 Å². The number of hydrogen-bond acceptors (Lipinski definition) is 3. The van der Waals surface area contributed by atoms with E-state index in [1.165, 1.54) is 12.1 Å². The van der Waals surface area contributed by atoms with Gasteiger partial charge in [0.25, 0.3) is 0 Å². The van der Waals surface area contributed by atoms with Gasteiger partial charge in [0.05, 0.1) is 5.56 Å². The predicted molar refractivity (Wildman–Crippen MR) is 61.6 cm³/mol. The molecule has 0 aliphatic carbocycles. The molecule has 0 spiro atoms. The third-order valence-corrected chi connectivity index (χ3v) is 2.22. The average molecular weight is 221 g/mol. The highest BCUT2D eigenvalue weighted by Crippen LogP contribution is 2.22. The maximum absolute atomic E-state index is 11.5. The highest BCUT2D eigenvalue weighted by atomic mass is 16.3. The molecule has 2 N–H and O–H groups in total. The number of carbonyl (C=O) groups excluding carboxylic acids is 2. The fourth-order valence-electron chi connectivity index (χ4n) is 1.28. The molecule has 4 heteroatoms. The van der Waals surface area contributed by atoms with E-state index in [-0.39, 0.29) is 23.0 Å². The van der Waals surface area contributed by atoms with Crippen molar-refractivity contribution in [1.82, 2.24) is 0 Å². The van der Waals surface area contributed by atoms with Gasteiger partial charge in [0, 0.05) is 18.5 Å². The van der Waals surface area contributed by atoms with E-state index < -0.39 is 0 Å². The van der Waals surface area contributed by atoms with Crippen molar-refractivity contribution in [3.8, 4) is 5.75 Å². The van der Waals surface area contributed by atoms with Gasteiger partial charge < -0.3 is 10.4 Å². The van der Waals surface area contributed by atoms with E-state index in [1.54, 1.807) is 19.9 Å². The quantitative estimate of drug-likeness (QED) is 0.605. The lowest BCUT2D eigenvalue weighted by Gasteiger charge is -2.07. The number of amides is 1. The summed E-state index contributed by atoms with van der Waals surface area (Å²) in [5.41, 5.74) is 0.776. The van der Waals surface area contributed by atoms with Crippen molar-refractivity contribution in [2.75, 3.05) is 5.32 Å². The fourth-order valence-corrected chi connectivity index (χ4v) is 1.28. The second-order valence-electron chi connectivity index (χ2n) is 3.41. The van der Waals surface area contributed by atoms with Gasteiger partial charge in [0.1, 0.15) is 5.75 Å². The maximum atomic E-state index is 11.5. The van der Waals surface area contributed by atoms with Crippen LogP contribution in [0.25, 0.3) is 0 Å². The van der Waals surface area contributed by atoms with Crippen LogP contribution >= 0.6 is 0 Å². The third kappa shape index (κ3) is 2.82. The van der Waals surface area contributed by atoms with Crippen LogP contribution in [0.5, 0.6) is 5.75 Å². The standard InChI is InChI=1S/C12H15NO3/c1-3-10(14)9-7-8(5-6-11(9)15)13-12(16)4-2/h5-7,15H,3-4H2,1-2H3,(H,13,16). The maximum Gasteiger partial charge on any atom is 0.224 e. The molecular weight excluding hydrogens is 206 g/mol. The van der Waals surface area contributed by atoms with Gasteiger partial charge in [-0.1, -0.05) is 13.8 Å². The number of nitrogens with one attached hydrogen (secondary N) is 1. The molecule has 86 valence electrons. The number of hydrogen-bond donors (Lipinski definition) is 2. The van der Waals surface area contributed by atoms with E-state index in [1.807, 2.05) is 0 Å². The van der Waals surface area contributed by atoms with Gasteiger partial charge in [0.15, 0.2) is 5.78 Å². The van der Waals surface area contributed by atoms with Crippen molar-refractivity contribution < 1.29 is 14.7 Å². The lowest BCUT2D eigenvalue weighted by molar-refractivity contribution is -0.115. The van der Waals surface area contributed by atoms with Crippen molar-refractivity contribution in [3.63, 3.8) is 0 Å². The predicted octanol–water partition coefficient (Wildman–Crippen LogP) is 2.33. The van der Waals surface area contributed by atoms with Gasteiger partial charge in [-0.2, -0.15) is 0 Å². The fraction of sp³-hybridized carbons (Fsp3) is 0.333. The van der Waals surface area contributed by atoms with E-state index in [0.717, 1.165) is 0 Å². The number of phenolic OH excluding ortho intramolecular Hbond substituents is 1. The lowest BCUT2D eigenvalue weighted by atomic mass is 10.1. The van der Waals surface area contributed by atoms with Gasteiger partial charge in [-0.05, 0) is 18.2 Å². The number of anilines is 1. The van der Waals surface area contributed by atoms with Crippen molar-refractivity contribution in [2.45, 2.75) is 26.7 Å². The summed E-state index contributed by atoms with van der Waals surface area (Å²) in [6.45, 7) is 3.47. The molecule has 1 rings (SSSR count). The lowest BCUT2D eigenvalue weighted by Crippen LogP contribution is -2.10. The summed E-state index contributed by atoms with van der Waals surface area (Å²) in [6.07, 6.45) is 0.691. The van der Waals surface area contributed by atoms with Crippen LogP contribution in [0.3, 0.4) is 0 Å². The molecule has 4 nitrogen and oxygen atoms in total.